The zero-order chi connectivity index (χ0) is 37.2. The minimum absolute atomic E-state index is 0.0264. The molecular formula is C36H48N12O4S2. The molecule has 0 spiro atoms. The predicted octanol–water partition coefficient (Wildman–Crippen LogP) is 4.70. The molecular weight excluding hydrogens is 729 g/mol. The van der Waals surface area contributed by atoms with Gasteiger partial charge in [0.2, 0.25) is 20.0 Å². The van der Waals surface area contributed by atoms with Crippen LogP contribution < -0.4 is 9.44 Å². The van der Waals surface area contributed by atoms with Crippen LogP contribution in [-0.4, -0.2) is 88.6 Å². The second-order valence-corrected chi connectivity index (χ2v) is 19.7. The fourth-order valence-electron chi connectivity index (χ4n) is 9.27. The van der Waals surface area contributed by atoms with Crippen molar-refractivity contribution in [2.45, 2.75) is 125 Å². The maximum absolute atomic E-state index is 12.6. The first-order valence-electron chi connectivity index (χ1n) is 19.5. The molecule has 4 aliphatic rings. The number of nitrogens with zero attached hydrogens (tertiary/aromatic N) is 8. The van der Waals surface area contributed by atoms with E-state index in [1.54, 1.807) is 12.4 Å². The fourth-order valence-corrected chi connectivity index (χ4v) is 12.9. The summed E-state index contributed by atoms with van der Waals surface area (Å²) in [6.07, 6.45) is 17.6. The zero-order valence-electron chi connectivity index (χ0n) is 30.6. The van der Waals surface area contributed by atoms with Crippen LogP contribution in [-0.2, 0) is 20.0 Å². The average molecular weight is 777 g/mol. The van der Waals surface area contributed by atoms with Crippen molar-refractivity contribution in [2.75, 3.05) is 0 Å². The van der Waals surface area contributed by atoms with E-state index in [2.05, 4.69) is 72.4 Å². The topological polar surface area (TPSA) is 210 Å². The van der Waals surface area contributed by atoms with Gasteiger partial charge in [-0.25, -0.2) is 36.2 Å². The van der Waals surface area contributed by atoms with Crippen molar-refractivity contribution >= 4 is 53.7 Å². The number of nitrogens with one attached hydrogen (secondary N) is 4. The van der Waals surface area contributed by atoms with Crippen LogP contribution >= 0.6 is 0 Å². The van der Waals surface area contributed by atoms with E-state index in [1.165, 1.54) is 0 Å². The van der Waals surface area contributed by atoms with Gasteiger partial charge in [-0.1, -0.05) is 39.5 Å². The Bertz CT molecular complexity index is 2340. The predicted molar refractivity (Wildman–Crippen MR) is 204 cm³/mol. The van der Waals surface area contributed by atoms with E-state index in [4.69, 9.17) is 0 Å². The molecule has 16 nitrogen and oxygen atoms in total. The molecule has 0 bridgehead atoms. The summed E-state index contributed by atoms with van der Waals surface area (Å²) in [7, 11) is -6.41. The number of hydrogen-bond acceptors (Lipinski definition) is 10. The molecule has 6 heterocycles. The molecule has 4 aliphatic carbocycles. The maximum atomic E-state index is 12.6. The SMILES string of the molecule is CC[C@@H]1C[C@H](NS(=O)(=O)C2CCC2)C[C@H]1c1nnc2cnc3[nH]ccc3n12.CC[C@H]1C[C@@H](NS(=O)(=O)C2CCC2)C[C@@H]1c1nnc2cnc3[nH]ccc3n12. The first kappa shape index (κ1) is 35.7. The first-order chi connectivity index (χ1) is 26.1. The lowest BCUT2D eigenvalue weighted by atomic mass is 9.93. The van der Waals surface area contributed by atoms with Gasteiger partial charge >= 0.3 is 0 Å². The molecule has 0 unspecified atom stereocenters. The quantitative estimate of drug-likeness (QED) is 0.151. The van der Waals surface area contributed by atoms with Gasteiger partial charge in [-0.05, 0) is 75.3 Å². The Morgan fingerprint density at radius 2 is 1.07 bits per heavy atom. The van der Waals surface area contributed by atoms with E-state index in [0.29, 0.717) is 11.8 Å². The summed E-state index contributed by atoms with van der Waals surface area (Å²) in [6, 6.07) is 3.91. The third-order valence-electron chi connectivity index (χ3n) is 12.7. The van der Waals surface area contributed by atoms with Crippen LogP contribution in [0.2, 0.25) is 0 Å². The Labute approximate surface area is 313 Å². The highest BCUT2D eigenvalue weighted by molar-refractivity contribution is 7.90. The van der Waals surface area contributed by atoms with Crippen molar-refractivity contribution in [1.29, 1.82) is 0 Å². The number of fused-ring (bicyclic) bond motifs is 6. The van der Waals surface area contributed by atoms with Crippen LogP contribution in [0.1, 0.15) is 114 Å². The molecule has 0 saturated heterocycles. The summed E-state index contributed by atoms with van der Waals surface area (Å²) in [4.78, 5) is 15.0. The molecule has 4 saturated carbocycles. The van der Waals surface area contributed by atoms with E-state index in [9.17, 15) is 16.8 Å². The highest BCUT2D eigenvalue weighted by atomic mass is 32.2. The molecule has 4 N–H and O–H groups in total. The Morgan fingerprint density at radius 3 is 1.44 bits per heavy atom. The van der Waals surface area contributed by atoms with Crippen molar-refractivity contribution in [3.05, 3.63) is 48.6 Å². The summed E-state index contributed by atoms with van der Waals surface area (Å²) < 4.78 is 60.3. The van der Waals surface area contributed by atoms with Crippen molar-refractivity contribution in [3.8, 4) is 0 Å². The number of aromatic nitrogens is 10. The minimum Gasteiger partial charge on any atom is -0.345 e. The average Bonchev–Trinajstić information content (AvgIpc) is 3.93. The third-order valence-corrected chi connectivity index (χ3v) is 16.7. The van der Waals surface area contributed by atoms with Crippen molar-refractivity contribution in [3.63, 3.8) is 0 Å². The molecule has 4 fully saturated rings. The summed E-state index contributed by atoms with van der Waals surface area (Å²) in [5.74, 6) is 2.95. The van der Waals surface area contributed by atoms with Crippen molar-refractivity contribution < 1.29 is 16.8 Å². The summed E-state index contributed by atoms with van der Waals surface area (Å²) >= 11 is 0. The summed E-state index contributed by atoms with van der Waals surface area (Å²) in [5, 5.41) is 17.2. The lowest BCUT2D eigenvalue weighted by Crippen LogP contribution is -2.42. The van der Waals surface area contributed by atoms with Crippen molar-refractivity contribution in [1.82, 2.24) is 58.6 Å². The third kappa shape index (κ3) is 6.27. The minimum atomic E-state index is -3.21. The molecule has 0 amide bonds. The normalized spacial score (nSPS) is 26.8. The van der Waals surface area contributed by atoms with E-state index < -0.39 is 20.0 Å². The monoisotopic (exact) mass is 776 g/mol. The molecule has 0 radical (unpaired) electrons. The second-order valence-electron chi connectivity index (χ2n) is 15.8. The van der Waals surface area contributed by atoms with Crippen LogP contribution in [0, 0.1) is 11.8 Å². The second kappa shape index (κ2) is 13.9. The summed E-state index contributed by atoms with van der Waals surface area (Å²) in [6.45, 7) is 4.33. The van der Waals surface area contributed by atoms with Gasteiger partial charge in [0.1, 0.15) is 11.6 Å². The highest BCUT2D eigenvalue weighted by Gasteiger charge is 2.42. The smallest absolute Gasteiger partial charge is 0.214 e. The Hall–Kier alpha value is -4.00. The lowest BCUT2D eigenvalue weighted by Gasteiger charge is -2.27. The molecule has 0 aliphatic heterocycles. The van der Waals surface area contributed by atoms with E-state index in [1.807, 2.05) is 24.5 Å². The zero-order valence-corrected chi connectivity index (χ0v) is 32.2. The van der Waals surface area contributed by atoms with E-state index in [-0.39, 0.29) is 34.4 Å². The van der Waals surface area contributed by atoms with Gasteiger partial charge in [-0.2, -0.15) is 0 Å². The molecule has 54 heavy (non-hydrogen) atoms. The van der Waals surface area contributed by atoms with Gasteiger partial charge in [0.05, 0.1) is 33.9 Å². The van der Waals surface area contributed by atoms with Gasteiger partial charge < -0.3 is 9.97 Å². The Balaban J connectivity index is 0.000000142. The number of aromatic amines is 2. The van der Waals surface area contributed by atoms with Crippen molar-refractivity contribution in [2.24, 2.45) is 11.8 Å². The fraction of sp³-hybridized carbons (Fsp3) is 0.611. The maximum Gasteiger partial charge on any atom is 0.214 e. The molecule has 6 atom stereocenters. The molecule has 6 aromatic rings. The molecule has 10 rings (SSSR count). The van der Waals surface area contributed by atoms with Gasteiger partial charge in [0, 0.05) is 36.3 Å². The molecule has 288 valence electrons. The Morgan fingerprint density at radius 1 is 0.648 bits per heavy atom. The number of hydrogen-bond donors (Lipinski definition) is 4. The number of H-pyrrole nitrogens is 2. The van der Waals surface area contributed by atoms with Crippen LogP contribution in [0.4, 0.5) is 0 Å². The van der Waals surface area contributed by atoms with Crippen LogP contribution in [0.5, 0.6) is 0 Å². The number of rotatable bonds is 10. The standard InChI is InChI=1S/2C18H24N6O2S/c2*1-2-11-8-12(23-27(25,26)13-4-3-5-13)9-14(11)18-22-21-16-10-20-17-15(24(16)18)6-7-19-17/h2*6-7,10-14,19,23H,2-5,8-9H2,1H3/t2*11-,12+,14-/m10/s1. The Kier molecular flexibility index (Phi) is 9.21. The van der Waals surface area contributed by atoms with Crippen LogP contribution in [0.15, 0.2) is 36.9 Å². The number of sulfonamides is 2. The summed E-state index contributed by atoms with van der Waals surface area (Å²) in [5.41, 5.74) is 4.98. The molecule has 18 heteroatoms. The molecule has 6 aromatic heterocycles. The van der Waals surface area contributed by atoms with E-state index >= 15 is 0 Å². The van der Waals surface area contributed by atoms with Gasteiger partial charge in [0.25, 0.3) is 0 Å². The van der Waals surface area contributed by atoms with Gasteiger partial charge in [-0.15, -0.1) is 20.4 Å². The lowest BCUT2D eigenvalue weighted by molar-refractivity contribution is 0.445. The first-order valence-corrected chi connectivity index (χ1v) is 22.6. The largest absolute Gasteiger partial charge is 0.345 e. The van der Waals surface area contributed by atoms with Crippen LogP contribution in [0.25, 0.3) is 33.6 Å². The van der Waals surface area contributed by atoms with Gasteiger partial charge in [-0.3, -0.25) is 8.80 Å². The van der Waals surface area contributed by atoms with Gasteiger partial charge in [0.15, 0.2) is 22.6 Å². The van der Waals surface area contributed by atoms with Crippen LogP contribution in [0.3, 0.4) is 0 Å². The van der Waals surface area contributed by atoms with E-state index in [0.717, 1.165) is 122 Å². The molecule has 0 aromatic carbocycles. The highest BCUT2D eigenvalue weighted by Crippen LogP contribution is 2.43.